The van der Waals surface area contributed by atoms with Crippen molar-refractivity contribution in [3.05, 3.63) is 215 Å². The minimum atomic E-state index is 0. The van der Waals surface area contributed by atoms with E-state index in [1.54, 1.807) is 0 Å². The third kappa shape index (κ3) is 19.9. The molecule has 0 saturated heterocycles. The summed E-state index contributed by atoms with van der Waals surface area (Å²) in [5, 5.41) is 0. The van der Waals surface area contributed by atoms with E-state index >= 15 is 0 Å². The van der Waals surface area contributed by atoms with Crippen LogP contribution in [0.15, 0.2) is 182 Å². The van der Waals surface area contributed by atoms with Gasteiger partial charge in [-0.1, -0.05) is 182 Å². The van der Waals surface area contributed by atoms with Crippen LogP contribution in [0.4, 0.5) is 0 Å². The monoisotopic (exact) mass is 884 g/mol. The smallest absolute Gasteiger partial charge is 0.137 e. The van der Waals surface area contributed by atoms with Crippen LogP contribution in [0.1, 0.15) is 52.6 Å². The molecule has 0 atom stereocenters. The molecule has 6 aromatic carbocycles. The Morgan fingerprint density at radius 2 is 0.434 bits per heavy atom. The molecule has 0 aliphatic heterocycles. The maximum atomic E-state index is 11.8. The van der Waals surface area contributed by atoms with Crippen LogP contribution in [0.25, 0.3) is 0 Å². The first-order chi connectivity index (χ1) is 25.0. The van der Waals surface area contributed by atoms with Crippen molar-refractivity contribution in [2.45, 2.75) is 57.8 Å². The van der Waals surface area contributed by atoms with Crippen molar-refractivity contribution in [2.24, 2.45) is 0 Å². The van der Waals surface area contributed by atoms with Crippen LogP contribution < -0.4 is 0 Å². The van der Waals surface area contributed by atoms with Crippen LogP contribution in [0, 0.1) is 0 Å². The second-order valence-corrected chi connectivity index (χ2v) is 12.6. The van der Waals surface area contributed by atoms with Gasteiger partial charge in [-0.25, -0.2) is 0 Å². The van der Waals surface area contributed by atoms with Crippen molar-refractivity contribution in [2.75, 3.05) is 0 Å². The number of carbonyl (C=O) groups excluding carboxylic acids is 3. The normalized spacial score (nSPS) is 9.74. The van der Waals surface area contributed by atoms with E-state index in [-0.39, 0.29) is 40.8 Å². The summed E-state index contributed by atoms with van der Waals surface area (Å²) in [6, 6.07) is 60.2. The Labute approximate surface area is 343 Å². The van der Waals surface area contributed by atoms with Gasteiger partial charge in [0.25, 0.3) is 0 Å². The number of hydrogen-bond acceptors (Lipinski definition) is 3. The van der Waals surface area contributed by atoms with Crippen LogP contribution in [0.2, 0.25) is 0 Å². The Kier molecular flexibility index (Phi) is 23.1. The van der Waals surface area contributed by atoms with Gasteiger partial charge in [-0.15, -0.1) is 0 Å². The molecule has 0 aliphatic carbocycles. The van der Waals surface area contributed by atoms with Crippen LogP contribution >= 0.6 is 0 Å². The molecule has 0 amide bonds. The van der Waals surface area contributed by atoms with Crippen molar-refractivity contribution in [3.8, 4) is 0 Å². The van der Waals surface area contributed by atoms with Gasteiger partial charge in [0.15, 0.2) is 0 Å². The fraction of sp³-hybridized carbons (Fsp3) is 0.188. The van der Waals surface area contributed by atoms with Crippen molar-refractivity contribution < 1.29 is 55.2 Å². The Morgan fingerprint density at radius 1 is 0.264 bits per heavy atom. The molecule has 5 heteroatoms. The average molecular weight is 886 g/mol. The van der Waals surface area contributed by atoms with E-state index in [9.17, 15) is 14.4 Å². The molecule has 0 heterocycles. The van der Waals surface area contributed by atoms with Crippen molar-refractivity contribution >= 4 is 17.3 Å². The Balaban J connectivity index is 0.000000270. The van der Waals surface area contributed by atoms with Gasteiger partial charge < -0.3 is 0 Å². The van der Waals surface area contributed by atoms with Crippen molar-refractivity contribution in [1.29, 1.82) is 0 Å². The minimum absolute atomic E-state index is 0. The summed E-state index contributed by atoms with van der Waals surface area (Å²) in [6.45, 7) is 0. The summed E-state index contributed by atoms with van der Waals surface area (Å²) in [4.78, 5) is 35.4. The summed E-state index contributed by atoms with van der Waals surface area (Å²) in [5.41, 5.74) is 7.00. The van der Waals surface area contributed by atoms with Gasteiger partial charge in [-0.3, -0.25) is 14.4 Å². The van der Waals surface area contributed by atoms with E-state index in [2.05, 4.69) is 36.4 Å². The van der Waals surface area contributed by atoms with Crippen molar-refractivity contribution in [1.82, 2.24) is 0 Å². The molecule has 0 bridgehead atoms. The summed E-state index contributed by atoms with van der Waals surface area (Å²) in [5.74, 6) is 0.917. The zero-order valence-corrected chi connectivity index (χ0v) is 33.2. The molecule has 0 aromatic heterocycles. The topological polar surface area (TPSA) is 51.2 Å². The average Bonchev–Trinajstić information content (AvgIpc) is 3.18. The van der Waals surface area contributed by atoms with Gasteiger partial charge in [-0.05, 0) is 52.6 Å². The van der Waals surface area contributed by atoms with E-state index < -0.39 is 0 Å². The standard InChI is InChI=1S/3C16H16O.2Pd/c3*17-16(13-15-9-5-2-6-10-15)12-11-14-7-3-1-4-8-14;;/h3*1-10H,11-13H2;;. The molecular weight excluding hydrogens is 837 g/mol. The molecule has 0 spiro atoms. The minimum Gasteiger partial charge on any atom is -0.299 e. The van der Waals surface area contributed by atoms with Gasteiger partial charge in [0, 0.05) is 79.4 Å². The summed E-state index contributed by atoms with van der Waals surface area (Å²) < 4.78 is 0. The first-order valence-electron chi connectivity index (χ1n) is 17.8. The van der Waals surface area contributed by atoms with Gasteiger partial charge in [0.1, 0.15) is 17.3 Å². The van der Waals surface area contributed by atoms with Gasteiger partial charge in [0.2, 0.25) is 0 Å². The quantitative estimate of drug-likeness (QED) is 0.0966. The third-order valence-corrected chi connectivity index (χ3v) is 8.34. The molecule has 278 valence electrons. The predicted molar refractivity (Wildman–Crippen MR) is 210 cm³/mol. The first kappa shape index (κ1) is 44.8. The molecule has 0 unspecified atom stereocenters. The molecule has 0 saturated carbocycles. The fourth-order valence-electron chi connectivity index (χ4n) is 5.52. The van der Waals surface area contributed by atoms with Crippen LogP contribution in [-0.4, -0.2) is 17.3 Å². The fourth-order valence-corrected chi connectivity index (χ4v) is 5.52. The van der Waals surface area contributed by atoms with Gasteiger partial charge in [0.05, 0.1) is 0 Å². The zero-order valence-electron chi connectivity index (χ0n) is 30.0. The second-order valence-electron chi connectivity index (χ2n) is 12.6. The number of benzene rings is 6. The van der Waals surface area contributed by atoms with E-state index in [0.717, 1.165) is 36.0 Å². The predicted octanol–water partition coefficient (Wildman–Crippen LogP) is 10.3. The number of hydrogen-bond donors (Lipinski definition) is 0. The largest absolute Gasteiger partial charge is 0.299 e. The number of carbonyl (C=O) groups is 3. The molecule has 0 N–H and O–H groups in total. The molecular formula is C48H48O3Pd2. The van der Waals surface area contributed by atoms with Crippen LogP contribution in [0.5, 0.6) is 0 Å². The zero-order chi connectivity index (χ0) is 35.8. The summed E-state index contributed by atoms with van der Waals surface area (Å²) in [7, 11) is 0. The molecule has 6 aromatic rings. The summed E-state index contributed by atoms with van der Waals surface area (Å²) >= 11 is 0. The number of ketones is 3. The van der Waals surface area contributed by atoms with E-state index in [1.165, 1.54) is 16.7 Å². The first-order valence-corrected chi connectivity index (χ1v) is 17.8. The second kappa shape index (κ2) is 27.3. The van der Waals surface area contributed by atoms with Gasteiger partial charge >= 0.3 is 0 Å². The van der Waals surface area contributed by atoms with E-state index in [4.69, 9.17) is 0 Å². The number of Topliss-reactive ketones (excluding diaryl/α,β-unsaturated/α-hetero) is 3. The number of rotatable bonds is 15. The van der Waals surface area contributed by atoms with E-state index in [1.807, 2.05) is 146 Å². The molecule has 0 aliphatic rings. The Bertz CT molecular complexity index is 1610. The SMILES string of the molecule is O=C(CCc1ccccc1)Cc1ccccc1.O=C(CCc1ccccc1)Cc1ccccc1.O=C(CCc1ccccc1)Cc1ccccc1.[Pd].[Pd]. The van der Waals surface area contributed by atoms with Crippen LogP contribution in [0.3, 0.4) is 0 Å². The van der Waals surface area contributed by atoms with Crippen molar-refractivity contribution in [3.63, 3.8) is 0 Å². The van der Waals surface area contributed by atoms with E-state index in [0.29, 0.717) is 55.9 Å². The molecule has 3 nitrogen and oxygen atoms in total. The Morgan fingerprint density at radius 3 is 0.623 bits per heavy atom. The van der Waals surface area contributed by atoms with Gasteiger partial charge in [-0.2, -0.15) is 0 Å². The molecule has 0 radical (unpaired) electrons. The molecule has 53 heavy (non-hydrogen) atoms. The van der Waals surface area contributed by atoms with Crippen LogP contribution in [-0.2, 0) is 93.8 Å². The molecule has 0 fully saturated rings. The Hall–Kier alpha value is -4.35. The number of aryl methyl sites for hydroxylation is 3. The maximum Gasteiger partial charge on any atom is 0.137 e. The third-order valence-electron chi connectivity index (χ3n) is 8.34. The maximum absolute atomic E-state index is 11.8. The molecule has 6 rings (SSSR count). The summed E-state index contributed by atoms with van der Waals surface area (Å²) in [6.07, 6.45) is 6.04.